The molecule has 3 N–H and O–H groups in total. The highest BCUT2D eigenvalue weighted by Gasteiger charge is 2.31. The largest absolute Gasteiger partial charge is 0.494 e. The van der Waals surface area contributed by atoms with E-state index in [2.05, 4.69) is 25.5 Å². The summed E-state index contributed by atoms with van der Waals surface area (Å²) in [6.07, 6.45) is -4.68. The SMILES string of the molecule is O=C(NC(c1nnc(Cc2sc(=O)[nH]c2O)o1)c1nc2c(F)cc(-c3ccccc3)cc2s1)c1ccc(C(F)(F)F)cc1. The number of nitrogens with zero attached hydrogens (tertiary/aromatic N) is 3. The van der Waals surface area contributed by atoms with E-state index < -0.39 is 34.4 Å². The Morgan fingerprint density at radius 3 is 2.44 bits per heavy atom. The second-order valence-electron chi connectivity index (χ2n) is 9.20. The average Bonchev–Trinajstić information content (AvgIpc) is 3.70. The molecule has 0 aliphatic rings. The van der Waals surface area contributed by atoms with Gasteiger partial charge in [-0.25, -0.2) is 9.37 Å². The van der Waals surface area contributed by atoms with Crippen molar-refractivity contribution in [1.29, 1.82) is 0 Å². The van der Waals surface area contributed by atoms with Crippen molar-refractivity contribution in [1.82, 2.24) is 25.5 Å². The molecule has 0 aliphatic heterocycles. The van der Waals surface area contributed by atoms with Crippen LogP contribution in [0.25, 0.3) is 21.3 Å². The first-order valence-corrected chi connectivity index (χ1v) is 14.0. The number of H-pyrrole nitrogens is 1. The van der Waals surface area contributed by atoms with Crippen LogP contribution in [-0.2, 0) is 12.6 Å². The van der Waals surface area contributed by atoms with E-state index in [4.69, 9.17) is 4.42 Å². The summed E-state index contributed by atoms with van der Waals surface area (Å²) in [6, 6.07) is 14.6. The minimum Gasteiger partial charge on any atom is -0.494 e. The van der Waals surface area contributed by atoms with Crippen LogP contribution in [0.1, 0.15) is 43.6 Å². The molecule has 0 spiro atoms. The Balaban J connectivity index is 1.37. The highest BCUT2D eigenvalue weighted by molar-refractivity contribution is 7.18. The number of alkyl halides is 3. The first-order valence-electron chi connectivity index (χ1n) is 12.4. The monoisotopic (exact) mass is 627 g/mol. The van der Waals surface area contributed by atoms with Gasteiger partial charge in [-0.05, 0) is 47.5 Å². The number of aromatic nitrogens is 4. The Morgan fingerprint density at radius 1 is 1.02 bits per heavy atom. The first kappa shape index (κ1) is 28.2. The standard InChI is InChI=1S/C28H17F4N5O4S2/c29-17-10-15(13-4-2-1-3-5-13)11-18-21(17)34-26(42-18)22(33-23(38)14-6-8-16(9-7-14)28(30,31)32)25-37-36-20(41-25)12-19-24(39)35-27(40)43-19/h1-11,22,39H,12H2,(H,33,38)(H,35,40). The molecule has 0 radical (unpaired) electrons. The number of rotatable bonds is 7. The Kier molecular flexibility index (Phi) is 7.27. The molecule has 3 heterocycles. The van der Waals surface area contributed by atoms with Gasteiger partial charge in [0.25, 0.3) is 5.91 Å². The zero-order valence-corrected chi connectivity index (χ0v) is 23.1. The lowest BCUT2D eigenvalue weighted by molar-refractivity contribution is -0.137. The van der Waals surface area contributed by atoms with Crippen molar-refractivity contribution in [3.63, 3.8) is 0 Å². The van der Waals surface area contributed by atoms with Gasteiger partial charge in [0.1, 0.15) is 10.5 Å². The van der Waals surface area contributed by atoms with Crippen molar-refractivity contribution < 1.29 is 31.9 Å². The van der Waals surface area contributed by atoms with Crippen molar-refractivity contribution in [2.45, 2.75) is 18.6 Å². The topological polar surface area (TPSA) is 134 Å². The third kappa shape index (κ3) is 5.89. The molecule has 218 valence electrons. The van der Waals surface area contributed by atoms with E-state index in [9.17, 15) is 27.9 Å². The molecule has 6 rings (SSSR count). The lowest BCUT2D eigenvalue weighted by Gasteiger charge is -2.13. The first-order chi connectivity index (χ1) is 20.5. The molecule has 43 heavy (non-hydrogen) atoms. The fraction of sp³-hybridized carbons (Fsp3) is 0.107. The van der Waals surface area contributed by atoms with Crippen LogP contribution in [0.15, 0.2) is 75.9 Å². The van der Waals surface area contributed by atoms with E-state index in [1.165, 1.54) is 6.07 Å². The fourth-order valence-corrected chi connectivity index (χ4v) is 6.03. The minimum atomic E-state index is -4.58. The summed E-state index contributed by atoms with van der Waals surface area (Å²) in [7, 11) is 0. The smallest absolute Gasteiger partial charge is 0.416 e. The highest BCUT2D eigenvalue weighted by Crippen LogP contribution is 2.35. The maximum atomic E-state index is 15.2. The Morgan fingerprint density at radius 2 is 1.77 bits per heavy atom. The summed E-state index contributed by atoms with van der Waals surface area (Å²) in [4.78, 5) is 31.1. The van der Waals surface area contributed by atoms with Crippen molar-refractivity contribution in [2.75, 3.05) is 0 Å². The molecular weight excluding hydrogens is 610 g/mol. The number of hydrogen-bond donors (Lipinski definition) is 3. The third-order valence-corrected chi connectivity index (χ3v) is 8.25. The van der Waals surface area contributed by atoms with Gasteiger partial charge < -0.3 is 14.8 Å². The number of aromatic hydroxyl groups is 1. The van der Waals surface area contributed by atoms with Gasteiger partial charge in [-0.2, -0.15) is 13.2 Å². The summed E-state index contributed by atoms with van der Waals surface area (Å²) in [5.41, 5.74) is 0.417. The number of halogens is 4. The Labute approximate surface area is 246 Å². The number of benzene rings is 3. The Bertz CT molecular complexity index is 2000. The molecular formula is C28H17F4N5O4S2. The second-order valence-corrected chi connectivity index (χ2v) is 11.3. The zero-order chi connectivity index (χ0) is 30.3. The maximum absolute atomic E-state index is 15.2. The van der Waals surface area contributed by atoms with E-state index in [0.717, 1.165) is 52.5 Å². The van der Waals surface area contributed by atoms with Crippen LogP contribution < -0.4 is 10.2 Å². The highest BCUT2D eigenvalue weighted by atomic mass is 32.1. The lowest BCUT2D eigenvalue weighted by atomic mass is 10.1. The summed E-state index contributed by atoms with van der Waals surface area (Å²) in [5.74, 6) is -1.88. The molecule has 1 unspecified atom stereocenters. The number of amides is 1. The van der Waals surface area contributed by atoms with Crippen LogP contribution in [0, 0.1) is 5.82 Å². The van der Waals surface area contributed by atoms with Crippen LogP contribution >= 0.6 is 22.7 Å². The van der Waals surface area contributed by atoms with E-state index >= 15 is 4.39 Å². The van der Waals surface area contributed by atoms with Crippen molar-refractivity contribution in [2.24, 2.45) is 0 Å². The van der Waals surface area contributed by atoms with Crippen LogP contribution in [-0.4, -0.2) is 31.2 Å². The van der Waals surface area contributed by atoms with Gasteiger partial charge in [-0.15, -0.1) is 21.5 Å². The predicted octanol–water partition coefficient (Wildman–Crippen LogP) is 6.07. The number of carbonyl (C=O) groups excluding carboxylic acids is 1. The van der Waals surface area contributed by atoms with Gasteiger partial charge in [0, 0.05) is 5.56 Å². The zero-order valence-electron chi connectivity index (χ0n) is 21.5. The van der Waals surface area contributed by atoms with Crippen molar-refractivity contribution in [3.05, 3.63) is 115 Å². The van der Waals surface area contributed by atoms with E-state index in [0.29, 0.717) is 10.3 Å². The van der Waals surface area contributed by atoms with Gasteiger partial charge in [0.2, 0.25) is 17.7 Å². The number of carbonyl (C=O) groups is 1. The fourth-order valence-electron chi connectivity index (χ4n) is 4.24. The molecule has 0 aliphatic carbocycles. The van der Waals surface area contributed by atoms with Gasteiger partial charge in [0.05, 0.1) is 21.6 Å². The molecule has 1 amide bonds. The molecule has 9 nitrogen and oxygen atoms in total. The van der Waals surface area contributed by atoms with Gasteiger partial charge in [-0.1, -0.05) is 41.7 Å². The summed E-state index contributed by atoms with van der Waals surface area (Å²) < 4.78 is 60.5. The van der Waals surface area contributed by atoms with Gasteiger partial charge in [-0.3, -0.25) is 14.6 Å². The number of hydrogen-bond acceptors (Lipinski definition) is 9. The molecule has 15 heteroatoms. The molecule has 3 aromatic heterocycles. The van der Waals surface area contributed by atoms with E-state index in [1.807, 2.05) is 30.3 Å². The second kappa shape index (κ2) is 11.1. The maximum Gasteiger partial charge on any atom is 0.416 e. The molecule has 1 atom stereocenters. The third-order valence-electron chi connectivity index (χ3n) is 6.31. The molecule has 6 aromatic rings. The van der Waals surface area contributed by atoms with Crippen LogP contribution in [0.5, 0.6) is 5.88 Å². The average molecular weight is 628 g/mol. The molecule has 0 saturated heterocycles. The summed E-state index contributed by atoms with van der Waals surface area (Å²) in [6.45, 7) is 0. The van der Waals surface area contributed by atoms with Gasteiger partial charge in [0.15, 0.2) is 11.9 Å². The van der Waals surface area contributed by atoms with E-state index in [1.54, 1.807) is 6.07 Å². The van der Waals surface area contributed by atoms with Crippen LogP contribution in [0.2, 0.25) is 0 Å². The lowest BCUT2D eigenvalue weighted by Crippen LogP contribution is -2.29. The quantitative estimate of drug-likeness (QED) is 0.183. The van der Waals surface area contributed by atoms with E-state index in [-0.39, 0.29) is 45.0 Å². The number of thiazole rings is 2. The Hall–Kier alpha value is -4.89. The molecule has 0 fully saturated rings. The van der Waals surface area contributed by atoms with Crippen LogP contribution in [0.4, 0.5) is 17.6 Å². The molecule has 0 bridgehead atoms. The predicted molar refractivity (Wildman–Crippen MR) is 149 cm³/mol. The normalized spacial score (nSPS) is 12.5. The molecule has 0 saturated carbocycles. The number of nitrogens with one attached hydrogen (secondary N) is 2. The van der Waals surface area contributed by atoms with Gasteiger partial charge >= 0.3 is 11.0 Å². The minimum absolute atomic E-state index is 0.00650. The van der Waals surface area contributed by atoms with Crippen LogP contribution in [0.3, 0.4) is 0 Å². The van der Waals surface area contributed by atoms with Crippen molar-refractivity contribution in [3.8, 4) is 17.0 Å². The number of fused-ring (bicyclic) bond motifs is 1. The summed E-state index contributed by atoms with van der Waals surface area (Å²) >= 11 is 1.81. The summed E-state index contributed by atoms with van der Waals surface area (Å²) in [5, 5.41) is 20.7. The number of aromatic amines is 1. The molecule has 3 aromatic carbocycles. The van der Waals surface area contributed by atoms with Crippen molar-refractivity contribution >= 4 is 38.8 Å².